The summed E-state index contributed by atoms with van der Waals surface area (Å²) in [5.41, 5.74) is 6.17. The molecule has 0 fully saturated rings. The van der Waals surface area contributed by atoms with Gasteiger partial charge < -0.3 is 10.2 Å². The van der Waals surface area contributed by atoms with Gasteiger partial charge in [-0.15, -0.1) is 0 Å². The van der Waals surface area contributed by atoms with Gasteiger partial charge in [-0.25, -0.2) is 22.5 Å². The van der Waals surface area contributed by atoms with Crippen molar-refractivity contribution >= 4 is 15.7 Å². The number of nitrogens with one attached hydrogen (secondary N) is 1. The summed E-state index contributed by atoms with van der Waals surface area (Å²) in [5.74, 6) is 0.248. The Kier molecular flexibility index (Phi) is 4.02. The summed E-state index contributed by atoms with van der Waals surface area (Å²) >= 11 is 0. The number of oxazole rings is 1. The molecule has 0 radical (unpaired) electrons. The lowest BCUT2D eigenvalue weighted by molar-refractivity contribution is 0.463. The van der Waals surface area contributed by atoms with E-state index in [2.05, 4.69) is 9.71 Å². The van der Waals surface area contributed by atoms with Crippen molar-refractivity contribution < 1.29 is 17.2 Å². The van der Waals surface area contributed by atoms with Crippen LogP contribution in [0.2, 0.25) is 0 Å². The Morgan fingerprint density at radius 1 is 1.33 bits per heavy atom. The van der Waals surface area contributed by atoms with Crippen LogP contribution < -0.4 is 10.5 Å². The van der Waals surface area contributed by atoms with Crippen molar-refractivity contribution in [3.05, 3.63) is 40.9 Å². The fourth-order valence-corrected chi connectivity index (χ4v) is 3.04. The number of aryl methyl sites for hydroxylation is 3. The van der Waals surface area contributed by atoms with Crippen molar-refractivity contribution in [1.29, 1.82) is 0 Å². The Morgan fingerprint density at radius 3 is 2.57 bits per heavy atom. The number of halogens is 1. The number of nitrogen functional groups attached to an aromatic ring is 1. The van der Waals surface area contributed by atoms with E-state index in [1.54, 1.807) is 13.8 Å². The zero-order valence-electron chi connectivity index (χ0n) is 11.9. The van der Waals surface area contributed by atoms with Crippen LogP contribution >= 0.6 is 0 Å². The summed E-state index contributed by atoms with van der Waals surface area (Å²) in [5, 5.41) is 0. The second-order valence-corrected chi connectivity index (χ2v) is 6.45. The first kappa shape index (κ1) is 15.5. The summed E-state index contributed by atoms with van der Waals surface area (Å²) < 4.78 is 45.4. The van der Waals surface area contributed by atoms with Crippen molar-refractivity contribution in [2.45, 2.75) is 32.2 Å². The molecule has 0 amide bonds. The molecule has 1 aromatic heterocycles. The summed E-state index contributed by atoms with van der Waals surface area (Å²) in [6, 6.07) is 2.18. The average molecular weight is 313 g/mol. The minimum atomic E-state index is -3.83. The molecule has 0 aliphatic heterocycles. The molecule has 2 rings (SSSR count). The van der Waals surface area contributed by atoms with E-state index in [-0.39, 0.29) is 28.6 Å². The molecule has 1 heterocycles. The summed E-state index contributed by atoms with van der Waals surface area (Å²) in [4.78, 5) is 4.01. The molecular weight excluding hydrogens is 297 g/mol. The third-order valence-corrected chi connectivity index (χ3v) is 4.61. The number of sulfonamides is 1. The molecule has 0 spiro atoms. The van der Waals surface area contributed by atoms with E-state index in [1.807, 2.05) is 0 Å². The molecule has 0 aliphatic carbocycles. The van der Waals surface area contributed by atoms with Gasteiger partial charge in [0.05, 0.1) is 22.8 Å². The maximum absolute atomic E-state index is 13.3. The zero-order chi connectivity index (χ0) is 15.8. The molecule has 2 aromatic rings. The highest BCUT2D eigenvalue weighted by Gasteiger charge is 2.19. The molecule has 0 aliphatic rings. The van der Waals surface area contributed by atoms with Crippen molar-refractivity contribution in [1.82, 2.24) is 9.71 Å². The van der Waals surface area contributed by atoms with E-state index in [4.69, 9.17) is 10.2 Å². The van der Waals surface area contributed by atoms with Crippen LogP contribution in [-0.4, -0.2) is 13.4 Å². The molecule has 0 bridgehead atoms. The fourth-order valence-electron chi connectivity index (χ4n) is 1.81. The van der Waals surface area contributed by atoms with Crippen LogP contribution in [0.5, 0.6) is 0 Å². The van der Waals surface area contributed by atoms with Gasteiger partial charge in [-0.05, 0) is 38.5 Å². The van der Waals surface area contributed by atoms with Gasteiger partial charge in [-0.1, -0.05) is 0 Å². The van der Waals surface area contributed by atoms with Gasteiger partial charge in [-0.2, -0.15) is 0 Å². The number of benzene rings is 1. The van der Waals surface area contributed by atoms with E-state index >= 15 is 0 Å². The molecule has 0 atom stereocenters. The molecular formula is C13H16FN3O3S. The molecule has 3 N–H and O–H groups in total. The average Bonchev–Trinajstić information content (AvgIpc) is 2.71. The minimum absolute atomic E-state index is 0.0681. The quantitative estimate of drug-likeness (QED) is 0.839. The van der Waals surface area contributed by atoms with Crippen molar-refractivity contribution in [2.75, 3.05) is 5.73 Å². The van der Waals surface area contributed by atoms with Crippen LogP contribution in [0.25, 0.3) is 0 Å². The number of aromatic nitrogens is 1. The van der Waals surface area contributed by atoms with Crippen molar-refractivity contribution in [3.8, 4) is 0 Å². The van der Waals surface area contributed by atoms with Gasteiger partial charge in [0.1, 0.15) is 11.6 Å². The van der Waals surface area contributed by atoms with Crippen LogP contribution in [0.15, 0.2) is 21.4 Å². The number of hydrogen-bond donors (Lipinski definition) is 2. The third kappa shape index (κ3) is 3.22. The van der Waals surface area contributed by atoms with Gasteiger partial charge in [0.2, 0.25) is 15.9 Å². The Balaban J connectivity index is 2.24. The molecule has 114 valence electrons. The van der Waals surface area contributed by atoms with Crippen LogP contribution in [0.4, 0.5) is 10.1 Å². The van der Waals surface area contributed by atoms with Gasteiger partial charge in [-0.3, -0.25) is 0 Å². The monoisotopic (exact) mass is 313 g/mol. The summed E-state index contributed by atoms with van der Waals surface area (Å²) in [6.45, 7) is 4.91. The van der Waals surface area contributed by atoms with Gasteiger partial charge in [0, 0.05) is 0 Å². The van der Waals surface area contributed by atoms with E-state index in [0.29, 0.717) is 11.5 Å². The van der Waals surface area contributed by atoms with Crippen LogP contribution in [0.1, 0.15) is 22.9 Å². The molecule has 0 unspecified atom stereocenters. The molecule has 21 heavy (non-hydrogen) atoms. The summed E-state index contributed by atoms with van der Waals surface area (Å²) in [6.07, 6.45) is 0. The number of hydrogen-bond acceptors (Lipinski definition) is 5. The van der Waals surface area contributed by atoms with Crippen LogP contribution in [0, 0.1) is 26.6 Å². The smallest absolute Gasteiger partial charge is 0.241 e. The number of nitrogens with zero attached hydrogens (tertiary/aromatic N) is 1. The maximum atomic E-state index is 13.3. The predicted octanol–water partition coefficient (Wildman–Crippen LogP) is 1.80. The zero-order valence-corrected chi connectivity index (χ0v) is 12.7. The highest BCUT2D eigenvalue weighted by Crippen LogP contribution is 2.21. The highest BCUT2D eigenvalue weighted by atomic mass is 32.2. The standard InChI is InChI=1S/C13H16FN3O3S/c1-7-4-10(14)11(15)5-12(7)21(18,19)16-6-13-17-8(2)9(3)20-13/h4-5,16H,6,15H2,1-3H3. The predicted molar refractivity (Wildman–Crippen MR) is 75.6 cm³/mol. The number of rotatable bonds is 4. The lowest BCUT2D eigenvalue weighted by Crippen LogP contribution is -2.24. The number of anilines is 1. The minimum Gasteiger partial charge on any atom is -0.444 e. The Hall–Kier alpha value is -1.93. The molecule has 8 heteroatoms. The largest absolute Gasteiger partial charge is 0.444 e. The normalized spacial score (nSPS) is 11.8. The Morgan fingerprint density at radius 2 is 2.00 bits per heavy atom. The first-order valence-corrected chi connectivity index (χ1v) is 7.67. The Labute approximate surface area is 122 Å². The van der Waals surface area contributed by atoms with Gasteiger partial charge in [0.15, 0.2) is 0 Å². The maximum Gasteiger partial charge on any atom is 0.241 e. The lowest BCUT2D eigenvalue weighted by Gasteiger charge is -2.09. The topological polar surface area (TPSA) is 98.2 Å². The molecule has 6 nitrogen and oxygen atoms in total. The SMILES string of the molecule is Cc1cc(F)c(N)cc1S(=O)(=O)NCc1nc(C)c(C)o1. The first-order chi connectivity index (χ1) is 9.70. The fraction of sp³-hybridized carbons (Fsp3) is 0.308. The van der Waals surface area contributed by atoms with E-state index < -0.39 is 15.8 Å². The molecule has 0 saturated carbocycles. The Bertz CT molecular complexity index is 765. The van der Waals surface area contributed by atoms with Crippen LogP contribution in [0.3, 0.4) is 0 Å². The van der Waals surface area contributed by atoms with E-state index in [9.17, 15) is 12.8 Å². The van der Waals surface area contributed by atoms with Gasteiger partial charge >= 0.3 is 0 Å². The van der Waals surface area contributed by atoms with Crippen molar-refractivity contribution in [2.24, 2.45) is 0 Å². The van der Waals surface area contributed by atoms with E-state index in [1.165, 1.54) is 6.92 Å². The van der Waals surface area contributed by atoms with Gasteiger partial charge in [0.25, 0.3) is 0 Å². The number of nitrogens with two attached hydrogens (primary N) is 1. The highest BCUT2D eigenvalue weighted by molar-refractivity contribution is 7.89. The van der Waals surface area contributed by atoms with Crippen molar-refractivity contribution in [3.63, 3.8) is 0 Å². The second-order valence-electron chi connectivity index (χ2n) is 4.71. The van der Waals surface area contributed by atoms with Crippen LogP contribution in [-0.2, 0) is 16.6 Å². The second kappa shape index (κ2) is 5.45. The third-order valence-electron chi connectivity index (χ3n) is 3.07. The summed E-state index contributed by atoms with van der Waals surface area (Å²) in [7, 11) is -3.83. The lowest BCUT2D eigenvalue weighted by atomic mass is 10.2. The van der Waals surface area contributed by atoms with E-state index in [0.717, 1.165) is 12.1 Å². The molecule has 1 aromatic carbocycles. The molecule has 0 saturated heterocycles. The first-order valence-electron chi connectivity index (χ1n) is 6.19.